The molecule has 5 N–H and O–H groups in total. The van der Waals surface area contributed by atoms with Gasteiger partial charge in [-0.15, -0.1) is 0 Å². The van der Waals surface area contributed by atoms with Crippen LogP contribution in [-0.2, 0) is 11.2 Å². The van der Waals surface area contributed by atoms with Crippen molar-refractivity contribution >= 4 is 23.3 Å². The van der Waals surface area contributed by atoms with E-state index in [1.165, 1.54) is 5.69 Å². The lowest BCUT2D eigenvalue weighted by Crippen LogP contribution is -2.34. The first-order valence-corrected chi connectivity index (χ1v) is 11.6. The van der Waals surface area contributed by atoms with E-state index in [-0.39, 0.29) is 11.4 Å². The SMILES string of the molecule is Cc1nc(CC2CCN(c3ccc(-c4ccc(N)cc4)cc3)CC2)nc(C(=O)NCC(=O)O)c1O. The molecule has 182 valence electrons. The van der Waals surface area contributed by atoms with Gasteiger partial charge < -0.3 is 26.2 Å². The Labute approximate surface area is 203 Å². The summed E-state index contributed by atoms with van der Waals surface area (Å²) < 4.78 is 0. The number of aryl methyl sites for hydroxylation is 1. The lowest BCUT2D eigenvalue weighted by Gasteiger charge is -2.33. The van der Waals surface area contributed by atoms with E-state index in [2.05, 4.69) is 44.5 Å². The summed E-state index contributed by atoms with van der Waals surface area (Å²) in [5.74, 6) is -1.40. The van der Waals surface area contributed by atoms with Crippen molar-refractivity contribution in [1.82, 2.24) is 15.3 Å². The maximum absolute atomic E-state index is 12.3. The van der Waals surface area contributed by atoms with Crippen molar-refractivity contribution < 1.29 is 19.8 Å². The molecular formula is C26H29N5O4. The lowest BCUT2D eigenvalue weighted by molar-refractivity contribution is -0.135. The molecule has 35 heavy (non-hydrogen) atoms. The van der Waals surface area contributed by atoms with E-state index < -0.39 is 18.4 Å². The number of aromatic hydroxyl groups is 1. The van der Waals surface area contributed by atoms with E-state index in [0.29, 0.717) is 23.9 Å². The molecule has 9 nitrogen and oxygen atoms in total. The minimum atomic E-state index is -1.17. The molecule has 0 spiro atoms. The minimum Gasteiger partial charge on any atom is -0.504 e. The molecule has 2 heterocycles. The van der Waals surface area contributed by atoms with Crippen LogP contribution in [0.3, 0.4) is 0 Å². The number of carbonyl (C=O) groups is 2. The van der Waals surface area contributed by atoms with E-state index in [1.54, 1.807) is 6.92 Å². The highest BCUT2D eigenvalue weighted by atomic mass is 16.4. The fraction of sp³-hybridized carbons (Fsp3) is 0.308. The van der Waals surface area contributed by atoms with Gasteiger partial charge in [0.2, 0.25) is 0 Å². The second kappa shape index (κ2) is 10.4. The summed E-state index contributed by atoms with van der Waals surface area (Å²) in [4.78, 5) is 33.9. The maximum atomic E-state index is 12.3. The average molecular weight is 476 g/mol. The van der Waals surface area contributed by atoms with Crippen LogP contribution in [0.15, 0.2) is 48.5 Å². The van der Waals surface area contributed by atoms with Gasteiger partial charge in [-0.1, -0.05) is 24.3 Å². The molecule has 9 heteroatoms. The predicted octanol–water partition coefficient (Wildman–Crippen LogP) is 3.01. The third-order valence-corrected chi connectivity index (χ3v) is 6.28. The number of benzene rings is 2. The summed E-state index contributed by atoms with van der Waals surface area (Å²) in [5.41, 5.74) is 10.1. The number of rotatable bonds is 7. The van der Waals surface area contributed by atoms with Crippen molar-refractivity contribution in [3.8, 4) is 16.9 Å². The van der Waals surface area contributed by atoms with Crippen LogP contribution >= 0.6 is 0 Å². The number of anilines is 2. The highest BCUT2D eigenvalue weighted by Gasteiger charge is 2.23. The zero-order valence-corrected chi connectivity index (χ0v) is 19.6. The van der Waals surface area contributed by atoms with Gasteiger partial charge in [-0.05, 0) is 61.1 Å². The van der Waals surface area contributed by atoms with Crippen molar-refractivity contribution in [2.45, 2.75) is 26.2 Å². The molecule has 0 radical (unpaired) electrons. The monoisotopic (exact) mass is 475 g/mol. The number of carbonyl (C=O) groups excluding carboxylic acids is 1. The Morgan fingerprint density at radius 3 is 2.23 bits per heavy atom. The molecule has 0 bridgehead atoms. The summed E-state index contributed by atoms with van der Waals surface area (Å²) in [7, 11) is 0. The number of nitrogens with one attached hydrogen (secondary N) is 1. The van der Waals surface area contributed by atoms with Gasteiger partial charge in [0.25, 0.3) is 5.91 Å². The quantitative estimate of drug-likeness (QED) is 0.382. The summed E-state index contributed by atoms with van der Waals surface area (Å²) in [6.45, 7) is 2.85. The predicted molar refractivity (Wildman–Crippen MR) is 133 cm³/mol. The van der Waals surface area contributed by atoms with Crippen molar-refractivity contribution in [3.63, 3.8) is 0 Å². The Balaban J connectivity index is 1.36. The number of amides is 1. The molecule has 1 aliphatic heterocycles. The van der Waals surface area contributed by atoms with Gasteiger partial charge in [-0.25, -0.2) is 9.97 Å². The molecule has 1 aliphatic rings. The lowest BCUT2D eigenvalue weighted by atomic mass is 9.92. The van der Waals surface area contributed by atoms with Gasteiger partial charge in [0.1, 0.15) is 12.4 Å². The van der Waals surface area contributed by atoms with E-state index in [4.69, 9.17) is 10.8 Å². The third-order valence-electron chi connectivity index (χ3n) is 6.28. The number of carboxylic acid groups (broad SMARTS) is 1. The van der Waals surface area contributed by atoms with Crippen LogP contribution in [0.25, 0.3) is 11.1 Å². The number of hydrogen-bond donors (Lipinski definition) is 4. The number of nitrogens with two attached hydrogens (primary N) is 1. The van der Waals surface area contributed by atoms with Crippen molar-refractivity contribution in [2.75, 3.05) is 30.3 Å². The second-order valence-corrected chi connectivity index (χ2v) is 8.80. The van der Waals surface area contributed by atoms with Crippen molar-refractivity contribution in [2.24, 2.45) is 5.92 Å². The number of aromatic nitrogens is 2. The zero-order valence-electron chi connectivity index (χ0n) is 19.6. The summed E-state index contributed by atoms with van der Waals surface area (Å²) in [6, 6.07) is 16.4. The number of carboxylic acids is 1. The Kier molecular flexibility index (Phi) is 7.14. The first kappa shape index (κ1) is 24.0. The van der Waals surface area contributed by atoms with Crippen LogP contribution in [0.4, 0.5) is 11.4 Å². The molecule has 0 saturated carbocycles. The normalized spacial score (nSPS) is 14.0. The summed E-state index contributed by atoms with van der Waals surface area (Å²) in [5, 5.41) is 21.2. The van der Waals surface area contributed by atoms with Gasteiger partial charge in [0.05, 0.1) is 5.69 Å². The second-order valence-electron chi connectivity index (χ2n) is 8.80. The van der Waals surface area contributed by atoms with Gasteiger partial charge in [0.15, 0.2) is 11.4 Å². The van der Waals surface area contributed by atoms with E-state index >= 15 is 0 Å². The molecule has 3 aromatic rings. The Morgan fingerprint density at radius 2 is 1.63 bits per heavy atom. The maximum Gasteiger partial charge on any atom is 0.322 e. The van der Waals surface area contributed by atoms with Crippen LogP contribution in [0.2, 0.25) is 0 Å². The standard InChI is InChI=1S/C26H29N5O4/c1-16-25(34)24(26(35)28-15-23(32)33)30-22(29-16)14-17-10-12-31(13-11-17)21-8-4-19(5-9-21)18-2-6-20(27)7-3-18/h2-9,17,34H,10-15,27H2,1H3,(H,28,35)(H,32,33). The molecule has 4 rings (SSSR count). The molecule has 1 amide bonds. The molecule has 1 fully saturated rings. The Hall–Kier alpha value is -4.14. The van der Waals surface area contributed by atoms with Crippen LogP contribution in [0.1, 0.15) is 34.8 Å². The van der Waals surface area contributed by atoms with E-state index in [0.717, 1.165) is 42.7 Å². The van der Waals surface area contributed by atoms with Gasteiger partial charge in [-0.2, -0.15) is 0 Å². The highest BCUT2D eigenvalue weighted by Crippen LogP contribution is 2.29. The summed E-state index contributed by atoms with van der Waals surface area (Å²) >= 11 is 0. The van der Waals surface area contributed by atoms with E-state index in [1.807, 2.05) is 24.3 Å². The highest BCUT2D eigenvalue weighted by molar-refractivity contribution is 5.96. The van der Waals surface area contributed by atoms with Gasteiger partial charge in [0, 0.05) is 30.9 Å². The van der Waals surface area contributed by atoms with E-state index in [9.17, 15) is 14.7 Å². The topological polar surface area (TPSA) is 142 Å². The zero-order chi connectivity index (χ0) is 24.9. The Bertz CT molecular complexity index is 1200. The number of nitrogen functional groups attached to an aromatic ring is 1. The van der Waals surface area contributed by atoms with Crippen molar-refractivity contribution in [1.29, 1.82) is 0 Å². The van der Waals surface area contributed by atoms with Crippen LogP contribution < -0.4 is 16.0 Å². The molecule has 1 saturated heterocycles. The molecule has 0 aliphatic carbocycles. The summed E-state index contributed by atoms with van der Waals surface area (Å²) in [6.07, 6.45) is 2.48. The first-order chi connectivity index (χ1) is 16.8. The smallest absolute Gasteiger partial charge is 0.322 e. The molecule has 0 atom stereocenters. The average Bonchev–Trinajstić information content (AvgIpc) is 2.86. The number of aliphatic carboxylic acids is 1. The third kappa shape index (κ3) is 5.87. The largest absolute Gasteiger partial charge is 0.504 e. The van der Waals surface area contributed by atoms with Gasteiger partial charge >= 0.3 is 5.97 Å². The molecule has 2 aromatic carbocycles. The van der Waals surface area contributed by atoms with Crippen LogP contribution in [0.5, 0.6) is 5.75 Å². The van der Waals surface area contributed by atoms with Crippen molar-refractivity contribution in [3.05, 3.63) is 65.7 Å². The molecule has 0 unspecified atom stereocenters. The fourth-order valence-electron chi connectivity index (χ4n) is 4.31. The first-order valence-electron chi connectivity index (χ1n) is 11.6. The van der Waals surface area contributed by atoms with Gasteiger partial charge in [-0.3, -0.25) is 9.59 Å². The number of nitrogens with zero attached hydrogens (tertiary/aromatic N) is 3. The van der Waals surface area contributed by atoms with Crippen LogP contribution in [0, 0.1) is 12.8 Å². The fourth-order valence-corrected chi connectivity index (χ4v) is 4.31. The Morgan fingerprint density at radius 1 is 1.03 bits per heavy atom. The molecular weight excluding hydrogens is 446 g/mol. The molecule has 1 aromatic heterocycles. The minimum absolute atomic E-state index is 0.188. The number of hydrogen-bond acceptors (Lipinski definition) is 7. The number of piperidine rings is 1. The van der Waals surface area contributed by atoms with Crippen LogP contribution in [-0.4, -0.2) is 51.7 Å².